The van der Waals surface area contributed by atoms with Gasteiger partial charge in [0, 0.05) is 4.47 Å². The highest BCUT2D eigenvalue weighted by Crippen LogP contribution is 2.17. The molecular weight excluding hydrogens is 326 g/mol. The Morgan fingerprint density at radius 2 is 2.25 bits per heavy atom. The fourth-order valence-electron chi connectivity index (χ4n) is 1.64. The molecule has 1 aromatic carbocycles. The number of amides is 1. The van der Waals surface area contributed by atoms with Gasteiger partial charge in [0.05, 0.1) is 12.9 Å². The van der Waals surface area contributed by atoms with Gasteiger partial charge in [-0.3, -0.25) is 4.79 Å². The molecule has 0 aliphatic rings. The van der Waals surface area contributed by atoms with Crippen molar-refractivity contribution in [2.24, 2.45) is 0 Å². The lowest BCUT2D eigenvalue weighted by Gasteiger charge is -2.14. The molecule has 1 amide bonds. The predicted octanol–water partition coefficient (Wildman–Crippen LogP) is 2.27. The van der Waals surface area contributed by atoms with Gasteiger partial charge < -0.3 is 19.6 Å². The number of benzene rings is 1. The van der Waals surface area contributed by atoms with Crippen LogP contribution in [-0.4, -0.2) is 24.2 Å². The Bertz CT molecular complexity index is 556. The van der Waals surface area contributed by atoms with Crippen molar-refractivity contribution in [1.82, 2.24) is 5.32 Å². The lowest BCUT2D eigenvalue weighted by atomic mass is 10.2. The van der Waals surface area contributed by atoms with Gasteiger partial charge in [0.15, 0.2) is 6.61 Å². The summed E-state index contributed by atoms with van der Waals surface area (Å²) in [5.41, 5.74) is 0. The zero-order valence-corrected chi connectivity index (χ0v) is 12.2. The van der Waals surface area contributed by atoms with E-state index in [1.807, 2.05) is 12.1 Å². The molecule has 5 nitrogen and oxygen atoms in total. The molecule has 1 heterocycles. The lowest BCUT2D eigenvalue weighted by Crippen LogP contribution is -2.34. The van der Waals surface area contributed by atoms with Gasteiger partial charge in [-0.15, -0.1) is 0 Å². The highest BCUT2D eigenvalue weighted by atomic mass is 79.9. The van der Waals surface area contributed by atoms with Crippen LogP contribution in [0.15, 0.2) is 51.6 Å². The van der Waals surface area contributed by atoms with E-state index in [2.05, 4.69) is 21.2 Å². The molecule has 0 fully saturated rings. The van der Waals surface area contributed by atoms with Gasteiger partial charge in [0.1, 0.15) is 17.6 Å². The Hall–Kier alpha value is -1.79. The third-order valence-corrected chi connectivity index (χ3v) is 3.06. The van der Waals surface area contributed by atoms with Crippen LogP contribution in [0.1, 0.15) is 11.8 Å². The minimum atomic E-state index is -0.566. The fourth-order valence-corrected chi connectivity index (χ4v) is 2.02. The quantitative estimate of drug-likeness (QED) is 0.846. The second-order valence-electron chi connectivity index (χ2n) is 4.06. The maximum atomic E-state index is 11.8. The summed E-state index contributed by atoms with van der Waals surface area (Å²) < 4.78 is 11.4. The van der Waals surface area contributed by atoms with Gasteiger partial charge >= 0.3 is 0 Å². The molecule has 2 rings (SSSR count). The van der Waals surface area contributed by atoms with Gasteiger partial charge in [0.2, 0.25) is 0 Å². The van der Waals surface area contributed by atoms with Crippen LogP contribution in [0.4, 0.5) is 0 Å². The molecule has 0 aliphatic carbocycles. The number of nitrogens with one attached hydrogen (secondary N) is 1. The molecule has 1 unspecified atom stereocenters. The summed E-state index contributed by atoms with van der Waals surface area (Å²) in [4.78, 5) is 11.8. The first-order valence-electron chi connectivity index (χ1n) is 6.01. The van der Waals surface area contributed by atoms with Gasteiger partial charge in [-0.05, 0) is 30.3 Å². The first kappa shape index (κ1) is 14.6. The van der Waals surface area contributed by atoms with E-state index in [9.17, 15) is 9.90 Å². The van der Waals surface area contributed by atoms with E-state index in [0.29, 0.717) is 11.5 Å². The highest BCUT2D eigenvalue weighted by molar-refractivity contribution is 9.10. The Labute approximate surface area is 124 Å². The van der Waals surface area contributed by atoms with E-state index in [4.69, 9.17) is 9.15 Å². The first-order chi connectivity index (χ1) is 9.69. The molecule has 2 N–H and O–H groups in total. The van der Waals surface area contributed by atoms with Crippen LogP contribution in [-0.2, 0) is 4.79 Å². The van der Waals surface area contributed by atoms with Gasteiger partial charge in [-0.2, -0.15) is 0 Å². The SMILES string of the molecule is O=C(COc1cccc(Br)c1)NC(CO)c1ccco1. The standard InChI is InChI=1S/C14H14BrNO4/c15-10-3-1-4-11(7-10)20-9-14(18)16-12(8-17)13-5-2-6-19-13/h1-7,12,17H,8-9H2,(H,16,18). The summed E-state index contributed by atoms with van der Waals surface area (Å²) in [7, 11) is 0. The average molecular weight is 340 g/mol. The minimum absolute atomic E-state index is 0.131. The van der Waals surface area contributed by atoms with Crippen molar-refractivity contribution in [2.45, 2.75) is 6.04 Å². The van der Waals surface area contributed by atoms with Crippen LogP contribution < -0.4 is 10.1 Å². The maximum Gasteiger partial charge on any atom is 0.258 e. The zero-order chi connectivity index (χ0) is 14.4. The number of ether oxygens (including phenoxy) is 1. The average Bonchev–Trinajstić information content (AvgIpc) is 2.96. The zero-order valence-electron chi connectivity index (χ0n) is 10.6. The predicted molar refractivity (Wildman–Crippen MR) is 76.3 cm³/mol. The van der Waals surface area contributed by atoms with Crippen molar-refractivity contribution in [1.29, 1.82) is 0 Å². The van der Waals surface area contributed by atoms with Crippen LogP contribution in [0.2, 0.25) is 0 Å². The molecule has 0 aliphatic heterocycles. The monoisotopic (exact) mass is 339 g/mol. The van der Waals surface area contributed by atoms with Crippen LogP contribution >= 0.6 is 15.9 Å². The van der Waals surface area contributed by atoms with Crippen LogP contribution in [0.25, 0.3) is 0 Å². The molecule has 0 spiro atoms. The molecule has 1 atom stereocenters. The fraction of sp³-hybridized carbons (Fsp3) is 0.214. The number of furan rings is 1. The van der Waals surface area contributed by atoms with Gasteiger partial charge in [-0.25, -0.2) is 0 Å². The molecule has 0 saturated carbocycles. The van der Waals surface area contributed by atoms with Crippen LogP contribution in [0, 0.1) is 0 Å². The summed E-state index contributed by atoms with van der Waals surface area (Å²) in [5.74, 6) is 0.761. The van der Waals surface area contributed by atoms with Crippen molar-refractivity contribution in [2.75, 3.05) is 13.2 Å². The number of aliphatic hydroxyl groups excluding tert-OH is 1. The van der Waals surface area contributed by atoms with Gasteiger partial charge in [-0.1, -0.05) is 22.0 Å². The number of hydrogen-bond donors (Lipinski definition) is 2. The number of hydrogen-bond acceptors (Lipinski definition) is 4. The topological polar surface area (TPSA) is 71.7 Å². The van der Waals surface area contributed by atoms with E-state index in [0.717, 1.165) is 4.47 Å². The third kappa shape index (κ3) is 4.11. The van der Waals surface area contributed by atoms with Crippen molar-refractivity contribution in [3.05, 3.63) is 52.9 Å². The normalized spacial score (nSPS) is 11.9. The second kappa shape index (κ2) is 7.12. The smallest absolute Gasteiger partial charge is 0.258 e. The molecular formula is C14H14BrNO4. The van der Waals surface area contributed by atoms with E-state index in [1.165, 1.54) is 6.26 Å². The van der Waals surface area contributed by atoms with Crippen LogP contribution in [0.3, 0.4) is 0 Å². The third-order valence-electron chi connectivity index (χ3n) is 2.57. The molecule has 0 radical (unpaired) electrons. The Kier molecular flexibility index (Phi) is 5.20. The van der Waals surface area contributed by atoms with E-state index >= 15 is 0 Å². The maximum absolute atomic E-state index is 11.8. The van der Waals surface area contributed by atoms with E-state index in [-0.39, 0.29) is 19.1 Å². The molecule has 20 heavy (non-hydrogen) atoms. The second-order valence-corrected chi connectivity index (χ2v) is 4.98. The van der Waals surface area contributed by atoms with E-state index in [1.54, 1.807) is 24.3 Å². The molecule has 1 aromatic heterocycles. The number of rotatable bonds is 6. The van der Waals surface area contributed by atoms with Crippen molar-refractivity contribution in [3.8, 4) is 5.75 Å². The largest absolute Gasteiger partial charge is 0.484 e. The summed E-state index contributed by atoms with van der Waals surface area (Å²) in [6.07, 6.45) is 1.49. The molecule has 2 aromatic rings. The molecule has 0 bridgehead atoms. The molecule has 106 valence electrons. The minimum Gasteiger partial charge on any atom is -0.484 e. The Balaban J connectivity index is 1.86. The summed E-state index contributed by atoms with van der Waals surface area (Å²) >= 11 is 3.32. The first-order valence-corrected chi connectivity index (χ1v) is 6.80. The van der Waals surface area contributed by atoms with Crippen LogP contribution in [0.5, 0.6) is 5.75 Å². The van der Waals surface area contributed by atoms with Crippen molar-refractivity contribution in [3.63, 3.8) is 0 Å². The Morgan fingerprint density at radius 1 is 1.40 bits per heavy atom. The van der Waals surface area contributed by atoms with Crippen molar-refractivity contribution >= 4 is 21.8 Å². The highest BCUT2D eigenvalue weighted by Gasteiger charge is 2.16. The number of carbonyl (C=O) groups excluding carboxylic acids is 1. The summed E-state index contributed by atoms with van der Waals surface area (Å²) in [5, 5.41) is 11.9. The summed E-state index contributed by atoms with van der Waals surface area (Å²) in [6, 6.07) is 10.0. The van der Waals surface area contributed by atoms with E-state index < -0.39 is 6.04 Å². The Morgan fingerprint density at radius 3 is 2.90 bits per heavy atom. The van der Waals surface area contributed by atoms with Crippen molar-refractivity contribution < 1.29 is 19.1 Å². The number of halogens is 1. The molecule has 6 heteroatoms. The summed E-state index contributed by atoms with van der Waals surface area (Å²) in [6.45, 7) is -0.371. The lowest BCUT2D eigenvalue weighted by molar-refractivity contribution is -0.124. The molecule has 0 saturated heterocycles. The number of aliphatic hydroxyl groups is 1. The van der Waals surface area contributed by atoms with Gasteiger partial charge in [0.25, 0.3) is 5.91 Å². The number of carbonyl (C=O) groups is 1.